The predicted molar refractivity (Wildman–Crippen MR) is 254 cm³/mol. The monoisotopic (exact) mass is 904 g/mol. The maximum Gasteiger partial charge on any atom is 0.143 e. The van der Waals surface area contributed by atoms with Crippen molar-refractivity contribution in [2.75, 3.05) is 0 Å². The van der Waals surface area contributed by atoms with Gasteiger partial charge in [-0.15, -0.1) is 0 Å². The summed E-state index contributed by atoms with van der Waals surface area (Å²) in [4.78, 5) is 0. The normalized spacial score (nSPS) is 17.2. The molecule has 12 nitrogen and oxygen atoms in total. The summed E-state index contributed by atoms with van der Waals surface area (Å²) in [6.07, 6.45) is 2.28. The van der Waals surface area contributed by atoms with Gasteiger partial charge in [0, 0.05) is 51.9 Å². The molecule has 0 spiro atoms. The maximum atomic E-state index is 11.5. The lowest BCUT2D eigenvalue weighted by atomic mass is 9.76. The average molecular weight is 905 g/mol. The van der Waals surface area contributed by atoms with Gasteiger partial charge < -0.3 is 59.8 Å². The third kappa shape index (κ3) is 7.39. The van der Waals surface area contributed by atoms with Gasteiger partial charge in [0.15, 0.2) is 0 Å². The van der Waals surface area contributed by atoms with E-state index in [4.69, 9.17) is 13.9 Å². The van der Waals surface area contributed by atoms with E-state index < -0.39 is 24.0 Å². The van der Waals surface area contributed by atoms with Crippen molar-refractivity contribution in [3.63, 3.8) is 0 Å². The first-order chi connectivity index (χ1) is 32.8. The Bertz CT molecular complexity index is 3420. The molecule has 2 aliphatic heterocycles. The highest BCUT2D eigenvalue weighted by Gasteiger charge is 2.45. The Balaban J connectivity index is 1.08. The summed E-state index contributed by atoms with van der Waals surface area (Å²) in [5, 5.41) is 96.5. The van der Waals surface area contributed by atoms with E-state index in [9.17, 15) is 46.0 Å². The number of benzene rings is 8. The number of hydrogen-bond acceptors (Lipinski definition) is 12. The van der Waals surface area contributed by atoms with Crippen LogP contribution in [-0.2, 0) is 0 Å². The van der Waals surface area contributed by atoms with Gasteiger partial charge in [-0.25, -0.2) is 0 Å². The Kier molecular flexibility index (Phi) is 9.82. The molecule has 0 bridgehead atoms. The lowest BCUT2D eigenvalue weighted by Crippen LogP contribution is -2.16. The molecule has 0 fully saturated rings. The molecular weight excluding hydrogens is 865 g/mol. The largest absolute Gasteiger partial charge is 0.508 e. The van der Waals surface area contributed by atoms with Gasteiger partial charge in [-0.3, -0.25) is 0 Å². The van der Waals surface area contributed by atoms with Gasteiger partial charge in [-0.05, 0) is 136 Å². The zero-order valence-corrected chi connectivity index (χ0v) is 35.6. The van der Waals surface area contributed by atoms with Crippen LogP contribution in [0.15, 0.2) is 156 Å². The molecule has 9 N–H and O–H groups in total. The van der Waals surface area contributed by atoms with Crippen molar-refractivity contribution >= 4 is 23.1 Å². The molecule has 0 aliphatic carbocycles. The first kappa shape index (κ1) is 41.5. The minimum Gasteiger partial charge on any atom is -0.508 e. The Morgan fingerprint density at radius 3 is 1.56 bits per heavy atom. The molecule has 336 valence electrons. The van der Waals surface area contributed by atoms with E-state index in [1.54, 1.807) is 84.9 Å². The van der Waals surface area contributed by atoms with E-state index in [2.05, 4.69) is 0 Å². The summed E-state index contributed by atoms with van der Waals surface area (Å²) >= 11 is 0. The second-order valence-corrected chi connectivity index (χ2v) is 17.1. The molecule has 12 heteroatoms. The molecule has 0 amide bonds. The highest BCUT2D eigenvalue weighted by molar-refractivity contribution is 6.07. The standard InChI is InChI=1S/C56H40O12/c57-35-10-4-29(5-11-35)54-50(33-19-38(60)23-39(61)20-33)49-32(18-42(64)26-47(49)67-54)3-1-28-2-16-46-44(17-28)52(56(66-46)31-8-14-37(59)15-9-31)45-25-43(65)27-48-53(45)51(34-21-40(62)24-41(63)22-34)55(68-48)30-6-12-36(58)13-7-30/h1-27,51-52,55-65H/b3-1+/t51-,52-,55+,56+/m0/s1. The van der Waals surface area contributed by atoms with Gasteiger partial charge in [0.05, 0.1) is 11.8 Å². The summed E-state index contributed by atoms with van der Waals surface area (Å²) in [7, 11) is 0. The topological polar surface area (TPSA) is 214 Å². The van der Waals surface area contributed by atoms with E-state index in [1.807, 2.05) is 30.4 Å². The minimum absolute atomic E-state index is 0.0516. The number of hydrogen-bond donors (Lipinski definition) is 9. The highest BCUT2D eigenvalue weighted by Crippen LogP contribution is 2.59. The lowest BCUT2D eigenvalue weighted by molar-refractivity contribution is 0.220. The lowest BCUT2D eigenvalue weighted by Gasteiger charge is -2.26. The molecule has 2 aliphatic rings. The van der Waals surface area contributed by atoms with Gasteiger partial charge in [0.25, 0.3) is 0 Å². The fourth-order valence-corrected chi connectivity index (χ4v) is 9.78. The van der Waals surface area contributed by atoms with Gasteiger partial charge in [-0.2, -0.15) is 0 Å². The fraction of sp³-hybridized carbons (Fsp3) is 0.0714. The van der Waals surface area contributed by atoms with Crippen molar-refractivity contribution in [2.45, 2.75) is 24.0 Å². The van der Waals surface area contributed by atoms with Crippen molar-refractivity contribution in [2.24, 2.45) is 0 Å². The van der Waals surface area contributed by atoms with E-state index >= 15 is 0 Å². The van der Waals surface area contributed by atoms with Crippen molar-refractivity contribution in [3.05, 3.63) is 196 Å². The van der Waals surface area contributed by atoms with Crippen LogP contribution in [0, 0.1) is 0 Å². The molecule has 68 heavy (non-hydrogen) atoms. The van der Waals surface area contributed by atoms with Crippen molar-refractivity contribution in [3.8, 4) is 85.7 Å². The van der Waals surface area contributed by atoms with Gasteiger partial charge in [0.1, 0.15) is 86.8 Å². The van der Waals surface area contributed by atoms with Crippen LogP contribution in [0.1, 0.15) is 68.6 Å². The molecule has 4 atom stereocenters. The third-order valence-electron chi connectivity index (χ3n) is 12.6. The van der Waals surface area contributed by atoms with E-state index in [0.717, 1.165) is 16.7 Å². The van der Waals surface area contributed by atoms with Gasteiger partial charge in [-0.1, -0.05) is 42.5 Å². The van der Waals surface area contributed by atoms with E-state index in [1.165, 1.54) is 48.5 Å². The predicted octanol–water partition coefficient (Wildman–Crippen LogP) is 11.8. The maximum absolute atomic E-state index is 11.5. The molecular formula is C56H40O12. The molecule has 1 aromatic heterocycles. The smallest absolute Gasteiger partial charge is 0.143 e. The van der Waals surface area contributed by atoms with Crippen LogP contribution in [-0.4, -0.2) is 46.0 Å². The van der Waals surface area contributed by atoms with Crippen LogP contribution < -0.4 is 9.47 Å². The third-order valence-corrected chi connectivity index (χ3v) is 12.6. The van der Waals surface area contributed by atoms with Crippen molar-refractivity contribution in [1.82, 2.24) is 0 Å². The van der Waals surface area contributed by atoms with Crippen LogP contribution >= 0.6 is 0 Å². The zero-order chi connectivity index (χ0) is 47.0. The first-order valence-corrected chi connectivity index (χ1v) is 21.6. The molecule has 0 radical (unpaired) electrons. The average Bonchev–Trinajstić information content (AvgIpc) is 4.00. The number of phenolic OH excluding ortho intramolecular Hbond substituents is 9. The van der Waals surface area contributed by atoms with Crippen molar-refractivity contribution in [1.29, 1.82) is 0 Å². The Labute approximate surface area is 387 Å². The summed E-state index contributed by atoms with van der Waals surface area (Å²) < 4.78 is 19.9. The van der Waals surface area contributed by atoms with Crippen LogP contribution in [0.2, 0.25) is 0 Å². The van der Waals surface area contributed by atoms with Gasteiger partial charge in [0.2, 0.25) is 0 Å². The van der Waals surface area contributed by atoms with Crippen LogP contribution in [0.25, 0.3) is 45.6 Å². The molecule has 8 aromatic carbocycles. The number of phenols is 9. The Morgan fingerprint density at radius 2 is 0.926 bits per heavy atom. The molecule has 11 rings (SSSR count). The minimum atomic E-state index is -0.721. The summed E-state index contributed by atoms with van der Waals surface area (Å²) in [6, 6.07) is 40.3. The summed E-state index contributed by atoms with van der Waals surface area (Å²) in [5.74, 6) is -0.592. The van der Waals surface area contributed by atoms with Gasteiger partial charge >= 0.3 is 0 Å². The Hall–Kier alpha value is -9.16. The summed E-state index contributed by atoms with van der Waals surface area (Å²) in [6.45, 7) is 0. The molecule has 9 aromatic rings. The number of furan rings is 1. The number of fused-ring (bicyclic) bond motifs is 3. The second kappa shape index (κ2) is 16.1. The number of ether oxygens (including phenoxy) is 2. The van der Waals surface area contributed by atoms with Crippen LogP contribution in [0.3, 0.4) is 0 Å². The summed E-state index contributed by atoms with van der Waals surface area (Å²) in [5.41, 5.74) is 7.18. The molecule has 3 heterocycles. The first-order valence-electron chi connectivity index (χ1n) is 21.6. The number of rotatable bonds is 8. The highest BCUT2D eigenvalue weighted by atomic mass is 16.5. The number of aromatic hydroxyl groups is 9. The Morgan fingerprint density at radius 1 is 0.382 bits per heavy atom. The second-order valence-electron chi connectivity index (χ2n) is 17.1. The fourth-order valence-electron chi connectivity index (χ4n) is 9.78. The SMILES string of the molecule is Oc1ccc(-c2oc3cc(O)cc(/C=C/c4ccc5c(c4)[C@@H](c4cc(O)cc6c4[C@H](c4cc(O)cc(O)c4)[C@@H](c4ccc(O)cc4)O6)[C@@H](c4ccc(O)cc4)O5)c3c2-c2cc(O)cc(O)c2)cc1. The molecule has 0 saturated heterocycles. The molecule has 0 saturated carbocycles. The van der Waals surface area contributed by atoms with E-state index in [-0.39, 0.29) is 51.7 Å². The zero-order valence-electron chi connectivity index (χ0n) is 35.6. The molecule has 0 unspecified atom stereocenters. The van der Waals surface area contributed by atoms with Crippen molar-refractivity contribution < 1.29 is 59.8 Å². The quantitative estimate of drug-likeness (QED) is 0.0652. The van der Waals surface area contributed by atoms with Crippen LogP contribution in [0.4, 0.5) is 0 Å². The van der Waals surface area contributed by atoms with Crippen LogP contribution in [0.5, 0.6) is 63.2 Å². The van der Waals surface area contributed by atoms with E-state index in [0.29, 0.717) is 72.7 Å².